The Morgan fingerprint density at radius 1 is 1.23 bits per heavy atom. The van der Waals surface area contributed by atoms with Gasteiger partial charge in [0.2, 0.25) is 10.0 Å². The van der Waals surface area contributed by atoms with Gasteiger partial charge in [-0.05, 0) is 63.0 Å². The molecule has 1 aliphatic heterocycles. The van der Waals surface area contributed by atoms with Gasteiger partial charge in [0.25, 0.3) is 0 Å². The van der Waals surface area contributed by atoms with Gasteiger partial charge in [0.1, 0.15) is 0 Å². The highest BCUT2D eigenvalue weighted by atomic mass is 32.2. The second kappa shape index (κ2) is 8.47. The van der Waals surface area contributed by atoms with Gasteiger partial charge in [0, 0.05) is 19.1 Å². The van der Waals surface area contributed by atoms with Crippen LogP contribution < -0.4 is 10.0 Å². The van der Waals surface area contributed by atoms with Gasteiger partial charge >= 0.3 is 5.97 Å². The molecule has 0 aliphatic carbocycles. The summed E-state index contributed by atoms with van der Waals surface area (Å²) in [5.41, 5.74) is 1.35. The Balaban J connectivity index is 2.29. The van der Waals surface area contributed by atoms with Crippen molar-refractivity contribution >= 4 is 16.0 Å². The van der Waals surface area contributed by atoms with Gasteiger partial charge < -0.3 is 14.8 Å². The first kappa shape index (κ1) is 20.8. The van der Waals surface area contributed by atoms with Crippen molar-refractivity contribution in [3.05, 3.63) is 28.8 Å². The number of ether oxygens (including phenoxy) is 2. The molecule has 0 atom stereocenters. The number of sulfonamides is 1. The average molecular weight is 384 g/mol. The predicted octanol–water partition coefficient (Wildman–Crippen LogP) is 1.38. The third-order valence-corrected chi connectivity index (χ3v) is 6.61. The summed E-state index contributed by atoms with van der Waals surface area (Å²) in [5.74, 6) is -0.557. The van der Waals surface area contributed by atoms with E-state index in [9.17, 15) is 13.2 Å². The van der Waals surface area contributed by atoms with Gasteiger partial charge in [0.15, 0.2) is 0 Å². The Bertz CT molecular complexity index is 750. The number of nitrogens with one attached hydrogen (secondary N) is 2. The fraction of sp³-hybridized carbons (Fsp3) is 0.611. The summed E-state index contributed by atoms with van der Waals surface area (Å²) in [6, 6.07) is 3.02. The summed E-state index contributed by atoms with van der Waals surface area (Å²) < 4.78 is 38.7. The smallest absolute Gasteiger partial charge is 0.337 e. The molecule has 7 nitrogen and oxygen atoms in total. The van der Waals surface area contributed by atoms with Crippen LogP contribution in [-0.2, 0) is 19.5 Å². The Hall–Kier alpha value is -1.48. The SMILES string of the molecule is COCC1(CNS(=O)(=O)c2cc(C(=O)OC)cc(C)c2C)CCNCC1. The van der Waals surface area contributed by atoms with E-state index in [1.165, 1.54) is 13.2 Å². The minimum atomic E-state index is -3.77. The largest absolute Gasteiger partial charge is 0.465 e. The number of hydrogen-bond donors (Lipinski definition) is 2. The van der Waals surface area contributed by atoms with E-state index in [4.69, 9.17) is 9.47 Å². The molecule has 0 radical (unpaired) electrons. The molecule has 26 heavy (non-hydrogen) atoms. The monoisotopic (exact) mass is 384 g/mol. The second-order valence-corrected chi connectivity index (χ2v) is 8.65. The van der Waals surface area contributed by atoms with Crippen molar-refractivity contribution in [2.24, 2.45) is 5.41 Å². The molecule has 0 aromatic heterocycles. The van der Waals surface area contributed by atoms with Crippen molar-refractivity contribution < 1.29 is 22.7 Å². The van der Waals surface area contributed by atoms with Crippen LogP contribution in [0.2, 0.25) is 0 Å². The highest BCUT2D eigenvalue weighted by Gasteiger charge is 2.34. The molecule has 1 aromatic carbocycles. The van der Waals surface area contributed by atoms with E-state index in [-0.39, 0.29) is 15.9 Å². The first-order chi connectivity index (χ1) is 12.2. The van der Waals surface area contributed by atoms with Crippen LogP contribution in [-0.4, -0.2) is 54.8 Å². The lowest BCUT2D eigenvalue weighted by molar-refractivity contribution is 0.0577. The van der Waals surface area contributed by atoms with Crippen molar-refractivity contribution in [2.75, 3.05) is 40.5 Å². The minimum Gasteiger partial charge on any atom is -0.465 e. The molecule has 1 aromatic rings. The summed E-state index contributed by atoms with van der Waals surface area (Å²) in [4.78, 5) is 11.9. The van der Waals surface area contributed by atoms with E-state index >= 15 is 0 Å². The summed E-state index contributed by atoms with van der Waals surface area (Å²) >= 11 is 0. The lowest BCUT2D eigenvalue weighted by atomic mass is 9.80. The van der Waals surface area contributed by atoms with E-state index in [1.54, 1.807) is 27.0 Å². The molecule has 0 bridgehead atoms. The second-order valence-electron chi connectivity index (χ2n) is 6.92. The molecule has 1 aliphatic rings. The number of methoxy groups -OCH3 is 2. The van der Waals surface area contributed by atoms with Crippen LogP contribution in [0.3, 0.4) is 0 Å². The summed E-state index contributed by atoms with van der Waals surface area (Å²) in [6.45, 7) is 5.98. The Morgan fingerprint density at radius 2 is 1.88 bits per heavy atom. The van der Waals surface area contributed by atoms with Gasteiger partial charge in [-0.3, -0.25) is 0 Å². The summed E-state index contributed by atoms with van der Waals surface area (Å²) in [6.07, 6.45) is 1.67. The highest BCUT2D eigenvalue weighted by Crippen LogP contribution is 2.29. The summed E-state index contributed by atoms with van der Waals surface area (Å²) in [7, 11) is -0.863. The van der Waals surface area contributed by atoms with Crippen molar-refractivity contribution in [1.82, 2.24) is 10.0 Å². The summed E-state index contributed by atoms with van der Waals surface area (Å²) in [5, 5.41) is 3.29. The Kier molecular flexibility index (Phi) is 6.79. The number of esters is 1. The lowest BCUT2D eigenvalue weighted by Gasteiger charge is -2.37. The fourth-order valence-electron chi connectivity index (χ4n) is 3.30. The van der Waals surface area contributed by atoms with Crippen LogP contribution in [0.1, 0.15) is 34.3 Å². The first-order valence-corrected chi connectivity index (χ1v) is 10.1. The number of carbonyl (C=O) groups excluding carboxylic acids is 1. The molecule has 0 amide bonds. The minimum absolute atomic E-state index is 0.111. The zero-order chi connectivity index (χ0) is 19.4. The first-order valence-electron chi connectivity index (χ1n) is 8.63. The van der Waals surface area contributed by atoms with Crippen LogP contribution in [0.15, 0.2) is 17.0 Å². The van der Waals surface area contributed by atoms with Gasteiger partial charge in [0.05, 0.1) is 24.2 Å². The Morgan fingerprint density at radius 3 is 2.46 bits per heavy atom. The van der Waals surface area contributed by atoms with E-state index in [2.05, 4.69) is 10.0 Å². The maximum absolute atomic E-state index is 12.9. The zero-order valence-corrected chi connectivity index (χ0v) is 16.7. The maximum atomic E-state index is 12.9. The van der Waals surface area contributed by atoms with Gasteiger partial charge in [-0.1, -0.05) is 0 Å². The van der Waals surface area contributed by atoms with Gasteiger partial charge in [-0.2, -0.15) is 0 Å². The van der Waals surface area contributed by atoms with Gasteiger partial charge in [-0.15, -0.1) is 0 Å². The maximum Gasteiger partial charge on any atom is 0.337 e. The Labute approximate surface area is 155 Å². The zero-order valence-electron chi connectivity index (χ0n) is 15.8. The number of carbonyl (C=O) groups is 1. The molecule has 8 heteroatoms. The van der Waals surface area contributed by atoms with E-state index in [1.807, 2.05) is 0 Å². The molecule has 1 saturated heterocycles. The number of aryl methyl sites for hydroxylation is 1. The highest BCUT2D eigenvalue weighted by molar-refractivity contribution is 7.89. The number of benzene rings is 1. The molecule has 2 rings (SSSR count). The van der Waals surface area contributed by atoms with Crippen molar-refractivity contribution in [3.8, 4) is 0 Å². The average Bonchev–Trinajstić information content (AvgIpc) is 2.62. The number of piperidine rings is 1. The van der Waals surface area contributed by atoms with Crippen LogP contribution in [0.4, 0.5) is 0 Å². The van der Waals surface area contributed by atoms with Crippen molar-refractivity contribution in [2.45, 2.75) is 31.6 Å². The predicted molar refractivity (Wildman–Crippen MR) is 98.9 cm³/mol. The fourth-order valence-corrected chi connectivity index (χ4v) is 4.80. The van der Waals surface area contributed by atoms with Gasteiger partial charge in [-0.25, -0.2) is 17.9 Å². The van der Waals surface area contributed by atoms with Crippen LogP contribution >= 0.6 is 0 Å². The number of rotatable bonds is 7. The molecular weight excluding hydrogens is 356 g/mol. The van der Waals surface area contributed by atoms with E-state index in [0.717, 1.165) is 31.5 Å². The molecule has 1 fully saturated rings. The standard InChI is InChI=1S/C18H28N2O5S/c1-13-9-15(17(21)25-4)10-16(14(13)2)26(22,23)20-11-18(12-24-3)5-7-19-8-6-18/h9-10,19-20H,5-8,11-12H2,1-4H3. The molecular formula is C18H28N2O5S. The molecule has 146 valence electrons. The van der Waals surface area contributed by atoms with Crippen LogP contribution in [0, 0.1) is 19.3 Å². The topological polar surface area (TPSA) is 93.7 Å². The molecule has 0 unspecified atom stereocenters. The third kappa shape index (κ3) is 4.62. The van der Waals surface area contributed by atoms with E-state index < -0.39 is 16.0 Å². The molecule has 0 spiro atoms. The number of hydrogen-bond acceptors (Lipinski definition) is 6. The van der Waals surface area contributed by atoms with E-state index in [0.29, 0.717) is 18.7 Å². The van der Waals surface area contributed by atoms with Crippen molar-refractivity contribution in [1.29, 1.82) is 0 Å². The van der Waals surface area contributed by atoms with Crippen molar-refractivity contribution in [3.63, 3.8) is 0 Å². The molecule has 1 heterocycles. The normalized spacial score (nSPS) is 17.1. The van der Waals surface area contributed by atoms with Crippen LogP contribution in [0.25, 0.3) is 0 Å². The molecule has 0 saturated carbocycles. The molecule has 2 N–H and O–H groups in total. The third-order valence-electron chi connectivity index (χ3n) is 5.08. The quantitative estimate of drug-likeness (QED) is 0.690. The van der Waals surface area contributed by atoms with Crippen LogP contribution in [0.5, 0.6) is 0 Å². The lowest BCUT2D eigenvalue weighted by Crippen LogP contribution is -2.47.